The van der Waals surface area contributed by atoms with Crippen molar-refractivity contribution in [3.8, 4) is 0 Å². The summed E-state index contributed by atoms with van der Waals surface area (Å²) in [4.78, 5) is 4.44. The SMILES string of the molecule is C/C=C\CC/C=C\C(=C/C)Cn1c(CCCC)nc(Cl)c1CO. The lowest BCUT2D eigenvalue weighted by Crippen LogP contribution is -2.09. The Labute approximate surface area is 145 Å². The Morgan fingerprint density at radius 3 is 2.61 bits per heavy atom. The van der Waals surface area contributed by atoms with Gasteiger partial charge in [0.1, 0.15) is 5.82 Å². The van der Waals surface area contributed by atoms with Gasteiger partial charge < -0.3 is 9.67 Å². The Morgan fingerprint density at radius 1 is 1.26 bits per heavy atom. The van der Waals surface area contributed by atoms with Gasteiger partial charge in [-0.3, -0.25) is 0 Å². The maximum atomic E-state index is 9.61. The lowest BCUT2D eigenvalue weighted by molar-refractivity contribution is 0.271. The molecule has 1 aromatic rings. The van der Waals surface area contributed by atoms with Crippen LogP contribution in [-0.2, 0) is 19.6 Å². The first kappa shape index (κ1) is 19.7. The molecule has 0 amide bonds. The highest BCUT2D eigenvalue weighted by molar-refractivity contribution is 6.30. The Balaban J connectivity index is 2.87. The van der Waals surface area contributed by atoms with E-state index in [1.54, 1.807) is 0 Å². The lowest BCUT2D eigenvalue weighted by atomic mass is 10.2. The molecule has 3 nitrogen and oxygen atoms in total. The summed E-state index contributed by atoms with van der Waals surface area (Å²) >= 11 is 6.18. The van der Waals surface area contributed by atoms with Crippen LogP contribution in [0.4, 0.5) is 0 Å². The summed E-state index contributed by atoms with van der Waals surface area (Å²) in [7, 11) is 0. The number of aryl methyl sites for hydroxylation is 1. The van der Waals surface area contributed by atoms with Crippen LogP contribution < -0.4 is 0 Å². The third-order valence-corrected chi connectivity index (χ3v) is 4.09. The number of hydrogen-bond acceptors (Lipinski definition) is 2. The molecule has 0 aromatic carbocycles. The molecule has 23 heavy (non-hydrogen) atoms. The number of halogens is 1. The zero-order valence-corrected chi connectivity index (χ0v) is 15.3. The summed E-state index contributed by atoms with van der Waals surface area (Å²) in [6, 6.07) is 0. The van der Waals surface area contributed by atoms with E-state index in [0.29, 0.717) is 17.4 Å². The molecule has 1 rings (SSSR count). The second-order valence-corrected chi connectivity index (χ2v) is 5.88. The maximum Gasteiger partial charge on any atom is 0.152 e. The zero-order valence-electron chi connectivity index (χ0n) is 14.6. The van der Waals surface area contributed by atoms with Crippen molar-refractivity contribution in [2.45, 2.75) is 66.0 Å². The molecule has 0 radical (unpaired) electrons. The first-order chi connectivity index (χ1) is 11.2. The summed E-state index contributed by atoms with van der Waals surface area (Å²) < 4.78 is 2.06. The number of aromatic nitrogens is 2. The molecule has 128 valence electrons. The second-order valence-electron chi connectivity index (χ2n) is 5.53. The van der Waals surface area contributed by atoms with E-state index in [0.717, 1.165) is 37.9 Å². The van der Waals surface area contributed by atoms with Crippen molar-refractivity contribution in [1.82, 2.24) is 9.55 Å². The summed E-state index contributed by atoms with van der Waals surface area (Å²) in [5.41, 5.74) is 1.91. The van der Waals surface area contributed by atoms with E-state index in [9.17, 15) is 5.11 Å². The second kappa shape index (κ2) is 11.3. The number of aliphatic hydroxyl groups excluding tert-OH is 1. The molecule has 0 spiro atoms. The predicted molar refractivity (Wildman–Crippen MR) is 98.7 cm³/mol. The highest BCUT2D eigenvalue weighted by Crippen LogP contribution is 2.21. The van der Waals surface area contributed by atoms with Crippen LogP contribution >= 0.6 is 11.6 Å². The van der Waals surface area contributed by atoms with Crippen LogP contribution in [-0.4, -0.2) is 14.7 Å². The molecule has 4 heteroatoms. The van der Waals surface area contributed by atoms with Crippen molar-refractivity contribution in [2.24, 2.45) is 0 Å². The molecule has 0 atom stereocenters. The monoisotopic (exact) mass is 336 g/mol. The minimum Gasteiger partial charge on any atom is -0.390 e. The number of allylic oxidation sites excluding steroid dienone is 6. The molecule has 0 saturated heterocycles. The number of unbranched alkanes of at least 4 members (excludes halogenated alkanes) is 2. The minimum atomic E-state index is -0.0834. The van der Waals surface area contributed by atoms with Gasteiger partial charge in [-0.15, -0.1) is 0 Å². The smallest absolute Gasteiger partial charge is 0.152 e. The van der Waals surface area contributed by atoms with Crippen molar-refractivity contribution in [1.29, 1.82) is 0 Å². The summed E-state index contributed by atoms with van der Waals surface area (Å²) in [6.45, 7) is 6.85. The van der Waals surface area contributed by atoms with E-state index in [-0.39, 0.29) is 6.61 Å². The van der Waals surface area contributed by atoms with Gasteiger partial charge in [-0.25, -0.2) is 4.98 Å². The van der Waals surface area contributed by atoms with Gasteiger partial charge in [0.15, 0.2) is 5.15 Å². The molecule has 1 aromatic heterocycles. The molecule has 0 saturated carbocycles. The van der Waals surface area contributed by atoms with Crippen LogP contribution in [0.15, 0.2) is 36.0 Å². The standard InChI is InChI=1S/C19H29ClN2O/c1-4-7-9-10-11-12-16(6-3)14-22-17(15-23)19(20)21-18(22)13-8-5-2/h4,6-7,11-12,23H,5,8-10,13-15H2,1-3H3/b7-4-,12-11-,16-6+. The third-order valence-electron chi connectivity index (χ3n) is 3.79. The first-order valence-electron chi connectivity index (χ1n) is 8.45. The van der Waals surface area contributed by atoms with Crippen LogP contribution in [0.25, 0.3) is 0 Å². The minimum absolute atomic E-state index is 0.0834. The van der Waals surface area contributed by atoms with Gasteiger partial charge in [0.2, 0.25) is 0 Å². The van der Waals surface area contributed by atoms with Gasteiger partial charge in [0.05, 0.1) is 12.3 Å². The Morgan fingerprint density at radius 2 is 2.00 bits per heavy atom. The van der Waals surface area contributed by atoms with Crippen molar-refractivity contribution in [3.63, 3.8) is 0 Å². The highest BCUT2D eigenvalue weighted by atomic mass is 35.5. The summed E-state index contributed by atoms with van der Waals surface area (Å²) in [5, 5.41) is 10.0. The Hall–Kier alpha value is -1.32. The summed E-state index contributed by atoms with van der Waals surface area (Å²) in [5.74, 6) is 0.961. The molecule has 0 bridgehead atoms. The third kappa shape index (κ3) is 6.36. The highest BCUT2D eigenvalue weighted by Gasteiger charge is 2.15. The lowest BCUT2D eigenvalue weighted by Gasteiger charge is -2.11. The Bertz CT molecular complexity index is 556. The van der Waals surface area contributed by atoms with E-state index in [4.69, 9.17) is 11.6 Å². The number of aliphatic hydroxyl groups is 1. The van der Waals surface area contributed by atoms with E-state index in [2.05, 4.69) is 46.9 Å². The van der Waals surface area contributed by atoms with Gasteiger partial charge in [0, 0.05) is 13.0 Å². The quantitative estimate of drug-likeness (QED) is 0.361. The molecule has 1 heterocycles. The molecular weight excluding hydrogens is 308 g/mol. The van der Waals surface area contributed by atoms with Gasteiger partial charge >= 0.3 is 0 Å². The van der Waals surface area contributed by atoms with Gasteiger partial charge in [-0.1, -0.05) is 55.3 Å². The van der Waals surface area contributed by atoms with Crippen LogP contribution in [0.1, 0.15) is 58.0 Å². The zero-order chi connectivity index (χ0) is 17.1. The van der Waals surface area contributed by atoms with Gasteiger partial charge in [-0.05, 0) is 38.7 Å². The number of nitrogens with zero attached hydrogens (tertiary/aromatic N) is 2. The predicted octanol–water partition coefficient (Wildman–Crippen LogP) is 5.23. The van der Waals surface area contributed by atoms with E-state index in [1.807, 2.05) is 13.8 Å². The molecule has 0 aliphatic rings. The topological polar surface area (TPSA) is 38.0 Å². The molecular formula is C19H29ClN2O. The van der Waals surface area contributed by atoms with E-state index in [1.165, 1.54) is 5.57 Å². The molecule has 1 N–H and O–H groups in total. The number of imidazole rings is 1. The fourth-order valence-corrected chi connectivity index (χ4v) is 2.64. The summed E-state index contributed by atoms with van der Waals surface area (Å²) in [6.07, 6.45) is 15.9. The fourth-order valence-electron chi connectivity index (χ4n) is 2.38. The van der Waals surface area contributed by atoms with E-state index >= 15 is 0 Å². The average molecular weight is 337 g/mol. The van der Waals surface area contributed by atoms with E-state index < -0.39 is 0 Å². The Kier molecular flexibility index (Phi) is 9.65. The van der Waals surface area contributed by atoms with Crippen molar-refractivity contribution in [3.05, 3.63) is 52.6 Å². The van der Waals surface area contributed by atoms with Crippen molar-refractivity contribution < 1.29 is 5.11 Å². The van der Waals surface area contributed by atoms with Crippen molar-refractivity contribution >= 4 is 11.6 Å². The van der Waals surface area contributed by atoms with Gasteiger partial charge in [0.25, 0.3) is 0 Å². The molecule has 0 aliphatic heterocycles. The van der Waals surface area contributed by atoms with Crippen LogP contribution in [0.3, 0.4) is 0 Å². The number of hydrogen-bond donors (Lipinski definition) is 1. The van der Waals surface area contributed by atoms with Crippen LogP contribution in [0.5, 0.6) is 0 Å². The fraction of sp³-hybridized carbons (Fsp3) is 0.526. The van der Waals surface area contributed by atoms with Crippen LogP contribution in [0, 0.1) is 0 Å². The average Bonchev–Trinajstić information content (AvgIpc) is 2.86. The molecule has 0 unspecified atom stereocenters. The van der Waals surface area contributed by atoms with Crippen molar-refractivity contribution in [2.75, 3.05) is 0 Å². The first-order valence-corrected chi connectivity index (χ1v) is 8.83. The largest absolute Gasteiger partial charge is 0.390 e. The molecule has 0 aliphatic carbocycles. The van der Waals surface area contributed by atoms with Gasteiger partial charge in [-0.2, -0.15) is 0 Å². The normalized spacial score (nSPS) is 12.8. The van der Waals surface area contributed by atoms with Crippen LogP contribution in [0.2, 0.25) is 5.15 Å². The maximum absolute atomic E-state index is 9.61. The molecule has 0 fully saturated rings. The number of rotatable bonds is 10.